The van der Waals surface area contributed by atoms with Crippen LogP contribution in [0.2, 0.25) is 0 Å². The maximum absolute atomic E-state index is 13.3. The number of carbonyl (C=O) groups is 1. The van der Waals surface area contributed by atoms with Crippen molar-refractivity contribution in [3.8, 4) is 0 Å². The Morgan fingerprint density at radius 2 is 1.77 bits per heavy atom. The highest BCUT2D eigenvalue weighted by Gasteiger charge is 2.50. The van der Waals surface area contributed by atoms with Gasteiger partial charge in [-0.25, -0.2) is 8.42 Å². The molecule has 0 radical (unpaired) electrons. The second-order valence-electron chi connectivity index (χ2n) is 9.16. The minimum atomic E-state index is -3.61. The monoisotopic (exact) mass is 429 g/mol. The maximum Gasteiger partial charge on any atom is 0.307 e. The molecule has 6 heteroatoms. The van der Waals surface area contributed by atoms with Crippen molar-refractivity contribution in [2.45, 2.75) is 58.3 Å². The summed E-state index contributed by atoms with van der Waals surface area (Å²) in [4.78, 5) is 12.4. The molecule has 5 nitrogen and oxygen atoms in total. The van der Waals surface area contributed by atoms with Crippen LogP contribution in [0.5, 0.6) is 0 Å². The minimum Gasteiger partial charge on any atom is -0.431 e. The lowest BCUT2D eigenvalue weighted by Crippen LogP contribution is -2.33. The first kappa shape index (κ1) is 21.3. The van der Waals surface area contributed by atoms with Gasteiger partial charge in [0.15, 0.2) is 0 Å². The first-order chi connectivity index (χ1) is 14.1. The van der Waals surface area contributed by atoms with Crippen molar-refractivity contribution in [3.63, 3.8) is 0 Å². The van der Waals surface area contributed by atoms with E-state index >= 15 is 0 Å². The molecule has 0 bridgehead atoms. The van der Waals surface area contributed by atoms with Gasteiger partial charge in [-0.3, -0.25) is 4.79 Å². The second kappa shape index (κ2) is 7.65. The summed E-state index contributed by atoms with van der Waals surface area (Å²) in [6.07, 6.45) is 6.37. The molecular formula is C24H31NO4S. The number of allylic oxidation sites excluding steroid dienone is 2. The van der Waals surface area contributed by atoms with Crippen molar-refractivity contribution in [1.82, 2.24) is 4.31 Å². The number of ether oxygens (including phenoxy) is 1. The van der Waals surface area contributed by atoms with Crippen LogP contribution < -0.4 is 0 Å². The van der Waals surface area contributed by atoms with E-state index in [1.54, 1.807) is 16.4 Å². The zero-order chi connectivity index (χ0) is 21.7. The van der Waals surface area contributed by atoms with Crippen molar-refractivity contribution >= 4 is 16.0 Å². The Labute approximate surface area is 179 Å². The first-order valence-corrected chi connectivity index (χ1v) is 12.3. The van der Waals surface area contributed by atoms with Crippen LogP contribution in [0, 0.1) is 24.2 Å². The van der Waals surface area contributed by atoms with E-state index in [1.165, 1.54) is 12.5 Å². The fraction of sp³-hybridized carbons (Fsp3) is 0.542. The van der Waals surface area contributed by atoms with E-state index in [2.05, 4.69) is 19.9 Å². The van der Waals surface area contributed by atoms with E-state index in [1.807, 2.05) is 19.1 Å². The fourth-order valence-electron chi connectivity index (χ4n) is 5.53. The molecule has 0 unspecified atom stereocenters. The SMILES string of the molecule is CC(=O)OC1=C2CN(S(=O)(=O)c3ccc(C)cc3)C[C@H]2C=C(C)[C@@H](C)C12CCCC2. The highest BCUT2D eigenvalue weighted by molar-refractivity contribution is 7.89. The van der Waals surface area contributed by atoms with Gasteiger partial charge in [-0.05, 0) is 50.3 Å². The topological polar surface area (TPSA) is 63.7 Å². The first-order valence-electron chi connectivity index (χ1n) is 10.8. The number of carbonyl (C=O) groups excluding carboxylic acids is 1. The number of benzene rings is 1. The van der Waals surface area contributed by atoms with Gasteiger partial charge in [-0.2, -0.15) is 4.31 Å². The summed E-state index contributed by atoms with van der Waals surface area (Å²) >= 11 is 0. The number of fused-ring (bicyclic) bond motifs is 1. The number of esters is 1. The average Bonchev–Trinajstić information content (AvgIpc) is 3.32. The number of nitrogens with zero attached hydrogens (tertiary/aromatic N) is 1. The Balaban J connectivity index is 1.80. The molecule has 30 heavy (non-hydrogen) atoms. The molecule has 0 N–H and O–H groups in total. The number of hydrogen-bond acceptors (Lipinski definition) is 4. The molecule has 4 rings (SSSR count). The largest absolute Gasteiger partial charge is 0.431 e. The van der Waals surface area contributed by atoms with Gasteiger partial charge in [-0.1, -0.05) is 49.1 Å². The molecule has 1 spiro atoms. The van der Waals surface area contributed by atoms with Crippen LogP contribution >= 0.6 is 0 Å². The molecule has 1 aromatic carbocycles. The third kappa shape index (κ3) is 3.44. The van der Waals surface area contributed by atoms with Crippen LogP contribution in [0.1, 0.15) is 52.0 Å². The van der Waals surface area contributed by atoms with Crippen LogP contribution in [0.4, 0.5) is 0 Å². The Hall–Kier alpha value is -1.92. The van der Waals surface area contributed by atoms with Gasteiger partial charge >= 0.3 is 5.97 Å². The summed E-state index contributed by atoms with van der Waals surface area (Å²) in [5.41, 5.74) is 3.04. The summed E-state index contributed by atoms with van der Waals surface area (Å²) in [6, 6.07) is 6.98. The van der Waals surface area contributed by atoms with Gasteiger partial charge in [0, 0.05) is 31.3 Å². The van der Waals surface area contributed by atoms with E-state index in [4.69, 9.17) is 4.74 Å². The van der Waals surface area contributed by atoms with Crippen LogP contribution in [0.15, 0.2) is 52.1 Å². The average molecular weight is 430 g/mol. The predicted molar refractivity (Wildman–Crippen MR) is 116 cm³/mol. The van der Waals surface area contributed by atoms with Gasteiger partial charge in [0.05, 0.1) is 4.90 Å². The highest BCUT2D eigenvalue weighted by Crippen LogP contribution is 2.56. The summed E-state index contributed by atoms with van der Waals surface area (Å²) in [6.45, 7) is 8.41. The van der Waals surface area contributed by atoms with E-state index in [0.717, 1.165) is 42.6 Å². The summed E-state index contributed by atoms with van der Waals surface area (Å²) in [5.74, 6) is 0.644. The molecule has 0 amide bonds. The quantitative estimate of drug-likeness (QED) is 0.521. The lowest BCUT2D eigenvalue weighted by atomic mass is 9.70. The van der Waals surface area contributed by atoms with Crippen molar-refractivity contribution in [2.75, 3.05) is 13.1 Å². The third-order valence-corrected chi connectivity index (χ3v) is 9.14. The predicted octanol–water partition coefficient (Wildman–Crippen LogP) is 4.59. The number of aryl methyl sites for hydroxylation is 1. The number of sulfonamides is 1. The molecule has 1 aliphatic heterocycles. The molecule has 2 aliphatic carbocycles. The van der Waals surface area contributed by atoms with Gasteiger partial charge in [0.1, 0.15) is 5.76 Å². The lowest BCUT2D eigenvalue weighted by Gasteiger charge is -2.37. The number of rotatable bonds is 3. The van der Waals surface area contributed by atoms with Crippen molar-refractivity contribution in [2.24, 2.45) is 17.3 Å². The summed E-state index contributed by atoms with van der Waals surface area (Å²) in [5, 5.41) is 0. The van der Waals surface area contributed by atoms with E-state index in [-0.39, 0.29) is 29.8 Å². The number of hydrogen-bond donors (Lipinski definition) is 0. The molecule has 2 atom stereocenters. The molecule has 2 fully saturated rings. The Morgan fingerprint density at radius 1 is 1.13 bits per heavy atom. The lowest BCUT2D eigenvalue weighted by molar-refractivity contribution is -0.139. The van der Waals surface area contributed by atoms with Crippen molar-refractivity contribution in [1.29, 1.82) is 0 Å². The summed E-state index contributed by atoms with van der Waals surface area (Å²) in [7, 11) is -3.61. The standard InChI is InChI=1S/C24H31NO4S/c1-16-7-9-21(10-8-16)30(27,28)25-14-20-13-17(2)18(3)24(11-5-6-12-24)23(22(20)15-25)29-19(4)26/h7-10,13,18,20H,5-6,11-12,14-15H2,1-4H3/t18-,20-/m1/s1. The van der Waals surface area contributed by atoms with Crippen LogP contribution in [-0.2, 0) is 19.6 Å². The molecule has 1 saturated heterocycles. The zero-order valence-electron chi connectivity index (χ0n) is 18.3. The van der Waals surface area contributed by atoms with Crippen LogP contribution in [0.25, 0.3) is 0 Å². The maximum atomic E-state index is 13.3. The van der Waals surface area contributed by atoms with E-state index in [9.17, 15) is 13.2 Å². The second-order valence-corrected chi connectivity index (χ2v) is 11.1. The Kier molecular flexibility index (Phi) is 5.43. The fourth-order valence-corrected chi connectivity index (χ4v) is 6.97. The van der Waals surface area contributed by atoms with E-state index < -0.39 is 10.0 Å². The van der Waals surface area contributed by atoms with Crippen molar-refractivity contribution in [3.05, 3.63) is 52.8 Å². The normalized spacial score (nSPS) is 26.5. The summed E-state index contributed by atoms with van der Waals surface area (Å²) < 4.78 is 34.1. The van der Waals surface area contributed by atoms with Gasteiger partial charge in [-0.15, -0.1) is 0 Å². The molecule has 162 valence electrons. The molecule has 3 aliphatic rings. The smallest absolute Gasteiger partial charge is 0.307 e. The molecule has 1 heterocycles. The van der Waals surface area contributed by atoms with Gasteiger partial charge in [0.25, 0.3) is 0 Å². The zero-order valence-corrected chi connectivity index (χ0v) is 19.1. The van der Waals surface area contributed by atoms with Crippen LogP contribution in [0.3, 0.4) is 0 Å². The van der Waals surface area contributed by atoms with Gasteiger partial charge in [0.2, 0.25) is 10.0 Å². The van der Waals surface area contributed by atoms with Gasteiger partial charge < -0.3 is 4.74 Å². The Morgan fingerprint density at radius 3 is 2.37 bits per heavy atom. The molecular weight excluding hydrogens is 398 g/mol. The highest BCUT2D eigenvalue weighted by atomic mass is 32.2. The molecule has 1 aromatic rings. The third-order valence-electron chi connectivity index (χ3n) is 7.31. The molecule has 0 aromatic heterocycles. The Bertz CT molecular complexity index is 1010. The van der Waals surface area contributed by atoms with E-state index in [0.29, 0.717) is 11.4 Å². The van der Waals surface area contributed by atoms with Crippen LogP contribution in [-0.4, -0.2) is 31.8 Å². The molecule has 1 saturated carbocycles. The van der Waals surface area contributed by atoms with Crippen molar-refractivity contribution < 1.29 is 17.9 Å². The minimum absolute atomic E-state index is 0.0537.